The van der Waals surface area contributed by atoms with E-state index in [0.717, 1.165) is 12.8 Å². The van der Waals surface area contributed by atoms with Crippen LogP contribution in [-0.2, 0) is 10.0 Å². The molecule has 1 rings (SSSR count). The van der Waals surface area contributed by atoms with Crippen molar-refractivity contribution in [3.8, 4) is 0 Å². The smallest absolute Gasteiger partial charge is 0.260 e. The van der Waals surface area contributed by atoms with Crippen molar-refractivity contribution in [2.75, 3.05) is 11.9 Å². The van der Waals surface area contributed by atoms with Crippen molar-refractivity contribution in [3.63, 3.8) is 0 Å². The molecule has 0 aliphatic rings. The quantitative estimate of drug-likeness (QED) is 0.807. The number of hydrogen-bond acceptors (Lipinski definition) is 4. The monoisotopic (exact) mass is 285 g/mol. The Morgan fingerprint density at radius 2 is 1.89 bits per heavy atom. The fourth-order valence-electron chi connectivity index (χ4n) is 1.70. The first-order chi connectivity index (χ1) is 8.88. The molecule has 0 radical (unpaired) electrons. The first-order valence-electron chi connectivity index (χ1n) is 6.61. The lowest BCUT2D eigenvalue weighted by atomic mass is 9.98. The molecule has 1 aromatic rings. The number of hydrogen-bond donors (Lipinski definition) is 2. The highest BCUT2D eigenvalue weighted by Crippen LogP contribution is 2.22. The fraction of sp³-hybridized carbons (Fsp3) is 0.615. The molecular formula is C13H23N3O2S. The average Bonchev–Trinajstić information content (AvgIpc) is 2.39. The Balaban J connectivity index is 3.14. The third-order valence-corrected chi connectivity index (χ3v) is 4.93. The van der Waals surface area contributed by atoms with Crippen LogP contribution in [-0.4, -0.2) is 25.5 Å². The molecule has 5 nitrogen and oxygen atoms in total. The highest BCUT2D eigenvalue weighted by atomic mass is 32.2. The molecule has 0 bridgehead atoms. The molecule has 0 atom stereocenters. The molecular weight excluding hydrogens is 262 g/mol. The third kappa shape index (κ3) is 3.91. The zero-order valence-corrected chi connectivity index (χ0v) is 12.8. The Kier molecular flexibility index (Phi) is 5.31. The van der Waals surface area contributed by atoms with Crippen LogP contribution in [0.15, 0.2) is 23.4 Å². The van der Waals surface area contributed by atoms with E-state index in [9.17, 15) is 8.42 Å². The number of anilines is 1. The van der Waals surface area contributed by atoms with E-state index in [1.807, 2.05) is 27.7 Å². The molecule has 0 aliphatic carbocycles. The van der Waals surface area contributed by atoms with Crippen molar-refractivity contribution in [3.05, 3.63) is 18.3 Å². The van der Waals surface area contributed by atoms with Gasteiger partial charge in [-0.1, -0.05) is 13.8 Å². The predicted octanol–water partition coefficient (Wildman–Crippen LogP) is 2.37. The summed E-state index contributed by atoms with van der Waals surface area (Å²) >= 11 is 0. The maximum absolute atomic E-state index is 12.4. The largest absolute Gasteiger partial charge is 0.383 e. The number of nitrogens with zero attached hydrogens (tertiary/aromatic N) is 1. The van der Waals surface area contributed by atoms with Crippen LogP contribution in [0.1, 0.15) is 40.5 Å². The summed E-state index contributed by atoms with van der Waals surface area (Å²) < 4.78 is 27.6. The van der Waals surface area contributed by atoms with E-state index in [1.54, 1.807) is 12.1 Å². The SMILES string of the molecule is CCNc1cccnc1S(=O)(=O)NC(C)(CC)CC. The van der Waals surface area contributed by atoms with Gasteiger partial charge in [0, 0.05) is 18.3 Å². The van der Waals surface area contributed by atoms with Gasteiger partial charge in [0.2, 0.25) is 0 Å². The third-order valence-electron chi connectivity index (χ3n) is 3.33. The van der Waals surface area contributed by atoms with Gasteiger partial charge in [-0.05, 0) is 38.8 Å². The molecule has 1 heterocycles. The standard InChI is InChI=1S/C13H23N3O2S/c1-5-13(4,6-2)16-19(17,18)12-11(14-7-3)9-8-10-15-12/h8-10,14,16H,5-7H2,1-4H3. The van der Waals surface area contributed by atoms with Crippen molar-refractivity contribution >= 4 is 15.7 Å². The predicted molar refractivity (Wildman–Crippen MR) is 77.7 cm³/mol. The van der Waals surface area contributed by atoms with Crippen molar-refractivity contribution in [1.29, 1.82) is 0 Å². The van der Waals surface area contributed by atoms with Gasteiger partial charge in [0.1, 0.15) is 0 Å². The Bertz CT molecular complexity index is 510. The van der Waals surface area contributed by atoms with Crippen LogP contribution in [0.25, 0.3) is 0 Å². The molecule has 2 N–H and O–H groups in total. The Morgan fingerprint density at radius 3 is 2.42 bits per heavy atom. The average molecular weight is 285 g/mol. The Hall–Kier alpha value is -1.14. The van der Waals surface area contributed by atoms with Crippen LogP contribution in [0, 0.1) is 0 Å². The lowest BCUT2D eigenvalue weighted by Gasteiger charge is -2.27. The number of rotatable bonds is 7. The van der Waals surface area contributed by atoms with Gasteiger partial charge in [-0.25, -0.2) is 18.1 Å². The second-order valence-electron chi connectivity index (χ2n) is 4.76. The molecule has 108 valence electrons. The summed E-state index contributed by atoms with van der Waals surface area (Å²) in [6.07, 6.45) is 2.95. The molecule has 0 unspecified atom stereocenters. The second kappa shape index (κ2) is 6.34. The number of aromatic nitrogens is 1. The highest BCUT2D eigenvalue weighted by Gasteiger charge is 2.29. The van der Waals surface area contributed by atoms with Gasteiger partial charge in [-0.15, -0.1) is 0 Å². The highest BCUT2D eigenvalue weighted by molar-refractivity contribution is 7.89. The molecule has 6 heteroatoms. The van der Waals surface area contributed by atoms with Gasteiger partial charge in [0.25, 0.3) is 10.0 Å². The summed E-state index contributed by atoms with van der Waals surface area (Å²) in [5.74, 6) is 0. The van der Waals surface area contributed by atoms with E-state index in [0.29, 0.717) is 12.2 Å². The normalized spacial score (nSPS) is 12.4. The molecule has 19 heavy (non-hydrogen) atoms. The van der Waals surface area contributed by atoms with E-state index in [-0.39, 0.29) is 5.03 Å². The molecule has 0 aliphatic heterocycles. The number of sulfonamides is 1. The Labute approximate surface area is 115 Å². The minimum absolute atomic E-state index is 0.0602. The van der Waals surface area contributed by atoms with E-state index >= 15 is 0 Å². The van der Waals surface area contributed by atoms with Crippen LogP contribution >= 0.6 is 0 Å². The minimum Gasteiger partial charge on any atom is -0.383 e. The van der Waals surface area contributed by atoms with Crippen LogP contribution in [0.2, 0.25) is 0 Å². The maximum Gasteiger partial charge on any atom is 0.260 e. The summed E-state index contributed by atoms with van der Waals surface area (Å²) in [5.41, 5.74) is 0.0897. The molecule has 1 aromatic heterocycles. The van der Waals surface area contributed by atoms with E-state index in [1.165, 1.54) is 6.20 Å². The van der Waals surface area contributed by atoms with Gasteiger partial charge in [-0.2, -0.15) is 0 Å². The van der Waals surface area contributed by atoms with Crippen LogP contribution in [0.5, 0.6) is 0 Å². The first-order valence-corrected chi connectivity index (χ1v) is 8.09. The van der Waals surface area contributed by atoms with Crippen molar-refractivity contribution in [1.82, 2.24) is 9.71 Å². The number of pyridine rings is 1. The summed E-state index contributed by atoms with van der Waals surface area (Å²) in [7, 11) is -3.62. The molecule has 0 aromatic carbocycles. The van der Waals surface area contributed by atoms with Crippen molar-refractivity contribution in [2.24, 2.45) is 0 Å². The summed E-state index contributed by atoms with van der Waals surface area (Å²) in [6.45, 7) is 8.40. The van der Waals surface area contributed by atoms with Crippen LogP contribution in [0.4, 0.5) is 5.69 Å². The van der Waals surface area contributed by atoms with E-state index in [4.69, 9.17) is 0 Å². The minimum atomic E-state index is -3.62. The van der Waals surface area contributed by atoms with Crippen LogP contribution < -0.4 is 10.0 Å². The van der Waals surface area contributed by atoms with E-state index < -0.39 is 15.6 Å². The Morgan fingerprint density at radius 1 is 1.26 bits per heavy atom. The van der Waals surface area contributed by atoms with Gasteiger partial charge in [0.05, 0.1) is 5.69 Å². The van der Waals surface area contributed by atoms with Gasteiger partial charge < -0.3 is 5.32 Å². The van der Waals surface area contributed by atoms with Crippen molar-refractivity contribution < 1.29 is 8.42 Å². The van der Waals surface area contributed by atoms with Gasteiger partial charge >= 0.3 is 0 Å². The molecule has 0 fully saturated rings. The van der Waals surface area contributed by atoms with Crippen LogP contribution in [0.3, 0.4) is 0 Å². The maximum atomic E-state index is 12.4. The van der Waals surface area contributed by atoms with Gasteiger partial charge in [-0.3, -0.25) is 0 Å². The zero-order chi connectivity index (χ0) is 14.5. The molecule has 0 spiro atoms. The number of nitrogens with one attached hydrogen (secondary N) is 2. The summed E-state index contributed by atoms with van der Waals surface area (Å²) in [5, 5.41) is 3.08. The lowest BCUT2D eigenvalue weighted by Crippen LogP contribution is -2.45. The second-order valence-corrected chi connectivity index (χ2v) is 6.36. The summed E-state index contributed by atoms with van der Waals surface area (Å²) in [4.78, 5) is 4.01. The fourth-order valence-corrected chi connectivity index (χ4v) is 3.36. The molecule has 0 saturated carbocycles. The first kappa shape index (κ1) is 15.9. The summed E-state index contributed by atoms with van der Waals surface area (Å²) in [6, 6.07) is 3.44. The van der Waals surface area contributed by atoms with Crippen molar-refractivity contribution in [2.45, 2.75) is 51.1 Å². The molecule has 0 saturated heterocycles. The van der Waals surface area contributed by atoms with Gasteiger partial charge in [0.15, 0.2) is 5.03 Å². The zero-order valence-electron chi connectivity index (χ0n) is 12.0. The lowest BCUT2D eigenvalue weighted by molar-refractivity contribution is 0.388. The van der Waals surface area contributed by atoms with E-state index in [2.05, 4.69) is 15.0 Å². The topological polar surface area (TPSA) is 71.1 Å². The molecule has 0 amide bonds.